The second kappa shape index (κ2) is 19.0. The summed E-state index contributed by atoms with van der Waals surface area (Å²) in [5.74, 6) is -6.89. The van der Waals surface area contributed by atoms with E-state index in [0.29, 0.717) is 17.2 Å². The van der Waals surface area contributed by atoms with Gasteiger partial charge in [0.05, 0.1) is 23.4 Å². The lowest BCUT2D eigenvalue weighted by Crippen LogP contribution is -2.29. The second-order valence-corrected chi connectivity index (χ2v) is 17.8. The minimum Gasteiger partial charge on any atom is -0.485 e. The molecule has 1 unspecified atom stereocenters. The van der Waals surface area contributed by atoms with Crippen molar-refractivity contribution in [3.05, 3.63) is 111 Å². The maximum atomic E-state index is 16.2. The molecule has 0 spiro atoms. The monoisotopic (exact) mass is 888 g/mol. The quantitative estimate of drug-likeness (QED) is 0.0357. The van der Waals surface area contributed by atoms with Crippen LogP contribution in [0.15, 0.2) is 64.9 Å². The first-order valence-electron chi connectivity index (χ1n) is 17.6. The van der Waals surface area contributed by atoms with E-state index >= 15 is 8.78 Å². The summed E-state index contributed by atoms with van der Waals surface area (Å²) in [6.07, 6.45) is -1.24. The van der Waals surface area contributed by atoms with Gasteiger partial charge in [-0.05, 0) is 86.0 Å². The number of nitrogens with zero attached hydrogens (tertiary/aromatic N) is 1. The van der Waals surface area contributed by atoms with Gasteiger partial charge in [0.1, 0.15) is 47.1 Å². The van der Waals surface area contributed by atoms with E-state index in [-0.39, 0.29) is 41.3 Å². The average molecular weight is 889 g/mol. The molecule has 0 fully saturated rings. The molecule has 2 amide bonds. The Morgan fingerprint density at radius 2 is 1.43 bits per heavy atom. The number of rotatable bonds is 17. The Balaban J connectivity index is 1.34. The minimum absolute atomic E-state index is 0.179. The van der Waals surface area contributed by atoms with Gasteiger partial charge in [0, 0.05) is 29.5 Å². The van der Waals surface area contributed by atoms with Gasteiger partial charge < -0.3 is 34.3 Å². The fourth-order valence-electron chi connectivity index (χ4n) is 5.37. The number of thiophene rings is 1. The number of aryl methyl sites for hydroxylation is 3. The molecule has 0 aliphatic carbocycles. The van der Waals surface area contributed by atoms with Crippen LogP contribution >= 0.6 is 18.9 Å². The molecular weight excluding hydrogens is 853 g/mol. The highest BCUT2D eigenvalue weighted by Crippen LogP contribution is 2.45. The Hall–Kier alpha value is -5.97. The first-order chi connectivity index (χ1) is 28.3. The van der Waals surface area contributed by atoms with E-state index in [4.69, 9.17) is 24.0 Å². The number of fused-ring (bicyclic) bond motifs is 1. The molecule has 21 heteroatoms. The van der Waals surface area contributed by atoms with Gasteiger partial charge in [0.2, 0.25) is 11.5 Å². The molecule has 1 aromatic heterocycles. The molecule has 1 heterocycles. The molecule has 0 aliphatic heterocycles. The zero-order valence-electron chi connectivity index (χ0n) is 32.2. The number of carbonyl (C=O) groups is 3. The third-order valence-electron chi connectivity index (χ3n) is 8.51. The molecule has 0 radical (unpaired) electrons. The molecule has 4 N–H and O–H groups in total. The van der Waals surface area contributed by atoms with Crippen LogP contribution in [0.25, 0.3) is 10.1 Å². The first-order valence-corrected chi connectivity index (χ1v) is 21.7. The molecule has 5 rings (SSSR count). The number of benzene rings is 4. The molecule has 0 saturated heterocycles. The molecule has 1 atom stereocenters. The summed E-state index contributed by atoms with van der Waals surface area (Å²) in [5.41, 5.74) is 2.53. The van der Waals surface area contributed by atoms with Crippen molar-refractivity contribution in [1.82, 2.24) is 15.4 Å². The molecule has 0 aliphatic rings. The Morgan fingerprint density at radius 1 is 0.833 bits per heavy atom. The van der Waals surface area contributed by atoms with E-state index in [1.807, 2.05) is 18.6 Å². The zero-order valence-corrected chi connectivity index (χ0v) is 34.7. The SMILES string of the molecule is CC(=O)Oc1ccc(C(=O)NCCOc2c(OCCNC(=O)c3ccc(C)c(C)c3)c(F)c3cc(S(=O)(=O)NCP(=O)(O)Oc4ccc(C#N)c(F)c4)sc3c2F)cc1C. The normalized spacial score (nSPS) is 12.2. The second-order valence-electron chi connectivity index (χ2n) is 13.0. The largest absolute Gasteiger partial charge is 0.485 e. The predicted octanol–water partition coefficient (Wildman–Crippen LogP) is 6.16. The van der Waals surface area contributed by atoms with Gasteiger partial charge in [-0.25, -0.2) is 26.2 Å². The smallest absolute Gasteiger partial charge is 0.391 e. The third kappa shape index (κ3) is 11.0. The van der Waals surface area contributed by atoms with Crippen molar-refractivity contribution in [2.45, 2.75) is 31.9 Å². The van der Waals surface area contributed by atoms with Crippen molar-refractivity contribution in [3.63, 3.8) is 0 Å². The lowest BCUT2D eigenvalue weighted by atomic mass is 10.1. The van der Waals surface area contributed by atoms with Crippen molar-refractivity contribution in [2.24, 2.45) is 0 Å². The fraction of sp³-hybridized carbons (Fsp3) is 0.231. The maximum Gasteiger partial charge on any atom is 0.391 e. The topological polar surface area (TPSA) is 219 Å². The molecule has 15 nitrogen and oxygen atoms in total. The number of ether oxygens (including phenoxy) is 3. The van der Waals surface area contributed by atoms with E-state index in [1.54, 1.807) is 31.2 Å². The minimum atomic E-state index is -4.85. The highest BCUT2D eigenvalue weighted by Gasteiger charge is 2.31. The van der Waals surface area contributed by atoms with Crippen molar-refractivity contribution in [2.75, 3.05) is 32.6 Å². The summed E-state index contributed by atoms with van der Waals surface area (Å²) in [6, 6.07) is 14.4. The lowest BCUT2D eigenvalue weighted by molar-refractivity contribution is -0.131. The van der Waals surface area contributed by atoms with Crippen molar-refractivity contribution >= 4 is 56.8 Å². The van der Waals surface area contributed by atoms with Gasteiger partial charge in [-0.2, -0.15) is 9.98 Å². The molecule has 5 aromatic rings. The van der Waals surface area contributed by atoms with E-state index in [0.717, 1.165) is 29.3 Å². The summed E-state index contributed by atoms with van der Waals surface area (Å²) < 4.78 is 107. The predicted molar refractivity (Wildman–Crippen MR) is 213 cm³/mol. The van der Waals surface area contributed by atoms with Crippen LogP contribution in [-0.4, -0.2) is 63.7 Å². The van der Waals surface area contributed by atoms with Crippen LogP contribution in [0.4, 0.5) is 13.2 Å². The van der Waals surface area contributed by atoms with Gasteiger partial charge in [0.25, 0.3) is 21.8 Å². The first kappa shape index (κ1) is 45.1. The summed E-state index contributed by atoms with van der Waals surface area (Å²) in [5, 5.41) is 13.5. The summed E-state index contributed by atoms with van der Waals surface area (Å²) in [4.78, 5) is 47.1. The van der Waals surface area contributed by atoms with Crippen LogP contribution < -0.4 is 34.1 Å². The summed E-state index contributed by atoms with van der Waals surface area (Å²) in [7, 11) is -9.60. The van der Waals surface area contributed by atoms with Crippen LogP contribution in [0.2, 0.25) is 0 Å². The number of hydrogen-bond acceptors (Lipinski definition) is 12. The Labute approximate surface area is 345 Å². The number of halogens is 3. The van der Waals surface area contributed by atoms with Crippen LogP contribution in [0.3, 0.4) is 0 Å². The van der Waals surface area contributed by atoms with Crippen LogP contribution in [0, 0.1) is 49.6 Å². The van der Waals surface area contributed by atoms with Crippen molar-refractivity contribution < 1.29 is 64.2 Å². The van der Waals surface area contributed by atoms with Gasteiger partial charge in [0.15, 0.2) is 11.6 Å². The molecule has 316 valence electrons. The van der Waals surface area contributed by atoms with Crippen LogP contribution in [0.1, 0.15) is 49.9 Å². The highest BCUT2D eigenvalue weighted by molar-refractivity contribution is 7.92. The fourth-order valence-corrected chi connectivity index (χ4v) is 9.31. The Morgan fingerprint density at radius 3 is 2.00 bits per heavy atom. The number of hydrogen-bond donors (Lipinski definition) is 4. The zero-order chi connectivity index (χ0) is 43.9. The summed E-state index contributed by atoms with van der Waals surface area (Å²) in [6.45, 7) is 5.31. The van der Waals surface area contributed by atoms with Crippen LogP contribution in [-0.2, 0) is 19.4 Å². The summed E-state index contributed by atoms with van der Waals surface area (Å²) >= 11 is 0.256. The lowest BCUT2D eigenvalue weighted by Gasteiger charge is -2.16. The standard InChI is InChI=1S/C39H36F3N4O11PS2/c1-21-5-6-25(15-22(21)2)38(48)44-11-13-54-35-33(41)29-18-32(60(52,53)46-20-58(50,51)57-28-9-7-27(19-43)30(40)17-28)59-37(29)34(42)36(35)55-14-12-45-39(49)26-8-10-31(23(3)16-26)56-24(4)47/h5-10,15-18,46H,11-14,20H2,1-4H3,(H,44,48)(H,45,49)(H,50,51). The van der Waals surface area contributed by atoms with E-state index in [1.165, 1.54) is 25.1 Å². The molecular formula is C39H36F3N4O11PS2. The van der Waals surface area contributed by atoms with Gasteiger partial charge in [-0.3, -0.25) is 14.4 Å². The maximum absolute atomic E-state index is 16.2. The molecule has 4 aromatic carbocycles. The number of nitriles is 1. The number of amides is 2. The van der Waals surface area contributed by atoms with Crippen LogP contribution in [0.5, 0.6) is 23.0 Å². The van der Waals surface area contributed by atoms with Crippen molar-refractivity contribution in [1.29, 1.82) is 5.26 Å². The van der Waals surface area contributed by atoms with Gasteiger partial charge >= 0.3 is 13.6 Å². The number of carbonyl (C=O) groups excluding carboxylic acids is 3. The molecule has 0 bridgehead atoms. The van der Waals surface area contributed by atoms with Gasteiger partial charge in [-0.15, -0.1) is 11.3 Å². The van der Waals surface area contributed by atoms with E-state index in [2.05, 4.69) is 10.6 Å². The van der Waals surface area contributed by atoms with Gasteiger partial charge in [-0.1, -0.05) is 6.07 Å². The van der Waals surface area contributed by atoms with Crippen molar-refractivity contribution in [3.8, 4) is 29.1 Å². The Bertz CT molecular complexity index is 2710. The average Bonchev–Trinajstić information content (AvgIpc) is 3.66. The Kier molecular flexibility index (Phi) is 14.3. The number of nitrogens with one attached hydrogen (secondary N) is 3. The van der Waals surface area contributed by atoms with E-state index in [9.17, 15) is 36.7 Å². The van der Waals surface area contributed by atoms with E-state index < -0.39 is 104 Å². The third-order valence-corrected chi connectivity index (χ3v) is 12.8. The number of esters is 1. The highest BCUT2D eigenvalue weighted by atomic mass is 32.2. The molecule has 60 heavy (non-hydrogen) atoms. The molecule has 0 saturated carbocycles. The number of sulfonamides is 1.